The van der Waals surface area contributed by atoms with Gasteiger partial charge in [-0.25, -0.2) is 0 Å². The lowest BCUT2D eigenvalue weighted by Crippen LogP contribution is -2.23. The van der Waals surface area contributed by atoms with Crippen LogP contribution in [0.15, 0.2) is 42.5 Å². The standard InChI is InChI=1S/C19H19N3O4/c1-13-4-9-16(22(25)26)11-17(13)20-19(24)15-7-5-14(6-8-15)12-21-10-2-3-18(21)23/h4-9,11H,2-3,10,12H2,1H3,(H,20,24). The van der Waals surface area contributed by atoms with E-state index in [1.165, 1.54) is 12.1 Å². The number of anilines is 1. The van der Waals surface area contributed by atoms with Crippen molar-refractivity contribution in [2.24, 2.45) is 0 Å². The van der Waals surface area contributed by atoms with Gasteiger partial charge in [0.25, 0.3) is 11.6 Å². The molecule has 26 heavy (non-hydrogen) atoms. The van der Waals surface area contributed by atoms with Gasteiger partial charge in [0.1, 0.15) is 0 Å². The number of nitro groups is 1. The number of amides is 2. The lowest BCUT2D eigenvalue weighted by Gasteiger charge is -2.15. The van der Waals surface area contributed by atoms with E-state index in [1.807, 2.05) is 17.0 Å². The number of nitrogens with zero attached hydrogens (tertiary/aromatic N) is 2. The first kappa shape index (κ1) is 17.6. The molecule has 1 N–H and O–H groups in total. The number of non-ortho nitro benzene ring substituents is 1. The fourth-order valence-electron chi connectivity index (χ4n) is 2.91. The van der Waals surface area contributed by atoms with Crippen molar-refractivity contribution in [2.45, 2.75) is 26.3 Å². The highest BCUT2D eigenvalue weighted by molar-refractivity contribution is 6.04. The summed E-state index contributed by atoms with van der Waals surface area (Å²) in [5.41, 5.74) is 2.50. The van der Waals surface area contributed by atoms with E-state index in [0.717, 1.165) is 24.1 Å². The Morgan fingerprint density at radius 1 is 1.23 bits per heavy atom. The summed E-state index contributed by atoms with van der Waals surface area (Å²) in [6.45, 7) is 3.09. The van der Waals surface area contributed by atoms with E-state index >= 15 is 0 Å². The fourth-order valence-corrected chi connectivity index (χ4v) is 2.91. The molecule has 1 saturated heterocycles. The second kappa shape index (κ2) is 7.35. The predicted molar refractivity (Wildman–Crippen MR) is 96.9 cm³/mol. The van der Waals surface area contributed by atoms with E-state index in [1.54, 1.807) is 25.1 Å². The number of rotatable bonds is 5. The van der Waals surface area contributed by atoms with Crippen LogP contribution < -0.4 is 5.32 Å². The highest BCUT2D eigenvalue weighted by Gasteiger charge is 2.20. The molecular formula is C19H19N3O4. The first-order valence-corrected chi connectivity index (χ1v) is 8.37. The van der Waals surface area contributed by atoms with Gasteiger partial charge in [-0.1, -0.05) is 18.2 Å². The second-order valence-corrected chi connectivity index (χ2v) is 6.33. The molecule has 0 aromatic heterocycles. The van der Waals surface area contributed by atoms with Gasteiger partial charge in [-0.05, 0) is 36.6 Å². The number of aryl methyl sites for hydroxylation is 1. The summed E-state index contributed by atoms with van der Waals surface area (Å²) in [5, 5.41) is 13.6. The maximum absolute atomic E-state index is 12.4. The van der Waals surface area contributed by atoms with Crippen LogP contribution in [0.25, 0.3) is 0 Å². The van der Waals surface area contributed by atoms with Gasteiger partial charge in [0.05, 0.1) is 10.6 Å². The molecule has 0 saturated carbocycles. The number of nitrogens with one attached hydrogen (secondary N) is 1. The first-order valence-electron chi connectivity index (χ1n) is 8.37. The number of hydrogen-bond donors (Lipinski definition) is 1. The first-order chi connectivity index (χ1) is 12.4. The van der Waals surface area contributed by atoms with E-state index in [4.69, 9.17) is 0 Å². The zero-order valence-corrected chi connectivity index (χ0v) is 14.4. The van der Waals surface area contributed by atoms with Crippen molar-refractivity contribution in [1.82, 2.24) is 4.90 Å². The molecule has 0 atom stereocenters. The van der Waals surface area contributed by atoms with Crippen LogP contribution in [0.2, 0.25) is 0 Å². The monoisotopic (exact) mass is 353 g/mol. The second-order valence-electron chi connectivity index (χ2n) is 6.33. The minimum atomic E-state index is -0.496. The highest BCUT2D eigenvalue weighted by Crippen LogP contribution is 2.22. The number of likely N-dealkylation sites (tertiary alicyclic amines) is 1. The predicted octanol–water partition coefficient (Wildman–Crippen LogP) is 3.28. The third-order valence-corrected chi connectivity index (χ3v) is 4.44. The molecule has 1 aliphatic heterocycles. The Hall–Kier alpha value is -3.22. The molecular weight excluding hydrogens is 334 g/mol. The molecule has 0 bridgehead atoms. The van der Waals surface area contributed by atoms with Crippen LogP contribution >= 0.6 is 0 Å². The minimum Gasteiger partial charge on any atom is -0.338 e. The lowest BCUT2D eigenvalue weighted by atomic mass is 10.1. The van der Waals surface area contributed by atoms with Gasteiger partial charge in [0.2, 0.25) is 5.91 Å². The Labute approximate surface area is 150 Å². The van der Waals surface area contributed by atoms with Gasteiger partial charge >= 0.3 is 0 Å². The van der Waals surface area contributed by atoms with Crippen molar-refractivity contribution in [3.05, 3.63) is 69.3 Å². The van der Waals surface area contributed by atoms with Crippen molar-refractivity contribution < 1.29 is 14.5 Å². The maximum atomic E-state index is 12.4. The van der Waals surface area contributed by atoms with E-state index in [9.17, 15) is 19.7 Å². The van der Waals surface area contributed by atoms with E-state index in [-0.39, 0.29) is 17.5 Å². The normalized spacial score (nSPS) is 13.7. The average molecular weight is 353 g/mol. The van der Waals surface area contributed by atoms with Crippen LogP contribution in [0.4, 0.5) is 11.4 Å². The lowest BCUT2D eigenvalue weighted by molar-refractivity contribution is -0.384. The van der Waals surface area contributed by atoms with Crippen molar-refractivity contribution >= 4 is 23.2 Å². The summed E-state index contributed by atoms with van der Waals surface area (Å²) in [5.74, 6) is -0.176. The Morgan fingerprint density at radius 3 is 2.58 bits per heavy atom. The fraction of sp³-hybridized carbons (Fsp3) is 0.263. The van der Waals surface area contributed by atoms with Crippen molar-refractivity contribution in [1.29, 1.82) is 0 Å². The third-order valence-electron chi connectivity index (χ3n) is 4.44. The number of carbonyl (C=O) groups excluding carboxylic acids is 2. The molecule has 2 aromatic rings. The topological polar surface area (TPSA) is 92.6 Å². The van der Waals surface area contributed by atoms with E-state index < -0.39 is 4.92 Å². The average Bonchev–Trinajstić information content (AvgIpc) is 3.02. The summed E-state index contributed by atoms with van der Waals surface area (Å²) in [7, 11) is 0. The summed E-state index contributed by atoms with van der Waals surface area (Å²) in [6, 6.07) is 11.4. The van der Waals surface area contributed by atoms with Crippen LogP contribution in [-0.4, -0.2) is 28.2 Å². The number of hydrogen-bond acceptors (Lipinski definition) is 4. The van der Waals surface area contributed by atoms with Crippen LogP contribution in [-0.2, 0) is 11.3 Å². The molecule has 0 spiro atoms. The van der Waals surface area contributed by atoms with Crippen LogP contribution in [0.5, 0.6) is 0 Å². The van der Waals surface area contributed by atoms with Crippen molar-refractivity contribution in [3.8, 4) is 0 Å². The Balaban J connectivity index is 1.69. The molecule has 0 unspecified atom stereocenters. The van der Waals surface area contributed by atoms with Crippen molar-refractivity contribution in [2.75, 3.05) is 11.9 Å². The van der Waals surface area contributed by atoms with Gasteiger partial charge in [0.15, 0.2) is 0 Å². The van der Waals surface area contributed by atoms with Crippen molar-refractivity contribution in [3.63, 3.8) is 0 Å². The summed E-state index contributed by atoms with van der Waals surface area (Å²) in [4.78, 5) is 36.3. The largest absolute Gasteiger partial charge is 0.338 e. The Bertz CT molecular complexity index is 862. The maximum Gasteiger partial charge on any atom is 0.271 e. The van der Waals surface area contributed by atoms with Crippen LogP contribution in [0, 0.1) is 17.0 Å². The number of nitro benzene ring substituents is 1. The van der Waals surface area contributed by atoms with Gasteiger partial charge in [-0.2, -0.15) is 0 Å². The van der Waals surface area contributed by atoms with Crippen LogP contribution in [0.1, 0.15) is 34.3 Å². The molecule has 0 radical (unpaired) electrons. The molecule has 0 aliphatic carbocycles. The Kier molecular flexibility index (Phi) is 4.97. The molecule has 2 aromatic carbocycles. The van der Waals surface area contributed by atoms with Gasteiger partial charge in [0, 0.05) is 37.2 Å². The number of carbonyl (C=O) groups is 2. The molecule has 1 aliphatic rings. The molecule has 1 heterocycles. The molecule has 7 heteroatoms. The number of benzene rings is 2. The quantitative estimate of drug-likeness (QED) is 0.659. The van der Waals surface area contributed by atoms with Crippen LogP contribution in [0.3, 0.4) is 0 Å². The molecule has 1 fully saturated rings. The Morgan fingerprint density at radius 2 is 1.96 bits per heavy atom. The third kappa shape index (κ3) is 3.88. The SMILES string of the molecule is Cc1ccc([N+](=O)[O-])cc1NC(=O)c1ccc(CN2CCCC2=O)cc1. The zero-order chi connectivity index (χ0) is 18.7. The summed E-state index contributed by atoms with van der Waals surface area (Å²) < 4.78 is 0. The smallest absolute Gasteiger partial charge is 0.271 e. The van der Waals surface area contributed by atoms with Gasteiger partial charge in [-0.15, -0.1) is 0 Å². The zero-order valence-electron chi connectivity index (χ0n) is 14.4. The summed E-state index contributed by atoms with van der Waals surface area (Å²) >= 11 is 0. The molecule has 7 nitrogen and oxygen atoms in total. The highest BCUT2D eigenvalue weighted by atomic mass is 16.6. The molecule has 2 amide bonds. The van der Waals surface area contributed by atoms with Gasteiger partial charge < -0.3 is 10.2 Å². The van der Waals surface area contributed by atoms with E-state index in [2.05, 4.69) is 5.32 Å². The molecule has 3 rings (SSSR count). The minimum absolute atomic E-state index is 0.0727. The van der Waals surface area contributed by atoms with E-state index in [0.29, 0.717) is 24.2 Å². The summed E-state index contributed by atoms with van der Waals surface area (Å²) in [6.07, 6.45) is 1.49. The van der Waals surface area contributed by atoms with Gasteiger partial charge in [-0.3, -0.25) is 19.7 Å². The molecule has 134 valence electrons.